The zero-order valence-electron chi connectivity index (χ0n) is 16.7. The Labute approximate surface area is 167 Å². The molecule has 1 N–H and O–H groups in total. The van der Waals surface area contributed by atoms with Gasteiger partial charge in [0, 0.05) is 55.2 Å². The summed E-state index contributed by atoms with van der Waals surface area (Å²) in [6.07, 6.45) is 0.810. The van der Waals surface area contributed by atoms with Crippen LogP contribution in [0.5, 0.6) is 0 Å². The number of nitrogens with one attached hydrogen (secondary N) is 1. The zero-order valence-corrected chi connectivity index (χ0v) is 16.7. The van der Waals surface area contributed by atoms with Crippen molar-refractivity contribution in [2.24, 2.45) is 18.9 Å². The Kier molecular flexibility index (Phi) is 4.43. The van der Waals surface area contributed by atoms with E-state index in [9.17, 15) is 18.4 Å². The van der Waals surface area contributed by atoms with Crippen molar-refractivity contribution in [3.63, 3.8) is 0 Å². The smallest absolute Gasteiger partial charge is 0.274 e. The molecule has 29 heavy (non-hydrogen) atoms. The molecular formula is C20H23F2N5O2. The van der Waals surface area contributed by atoms with Crippen LogP contribution in [0.15, 0.2) is 18.3 Å². The average Bonchev–Trinajstić information content (AvgIpc) is 3.00. The van der Waals surface area contributed by atoms with Crippen molar-refractivity contribution in [3.8, 4) is 0 Å². The summed E-state index contributed by atoms with van der Waals surface area (Å²) in [5, 5.41) is 7.10. The third-order valence-electron chi connectivity index (χ3n) is 5.67. The van der Waals surface area contributed by atoms with Crippen molar-refractivity contribution in [1.29, 1.82) is 0 Å². The molecule has 1 saturated carbocycles. The first-order valence-corrected chi connectivity index (χ1v) is 9.52. The summed E-state index contributed by atoms with van der Waals surface area (Å²) in [6, 6.07) is 2.33. The van der Waals surface area contributed by atoms with Crippen LogP contribution in [0.25, 0.3) is 0 Å². The first-order chi connectivity index (χ1) is 13.6. The molecule has 0 radical (unpaired) electrons. The third kappa shape index (κ3) is 3.49. The lowest BCUT2D eigenvalue weighted by atomic mass is 9.92. The maximum Gasteiger partial charge on any atom is 0.274 e. The van der Waals surface area contributed by atoms with Gasteiger partial charge in [0.25, 0.3) is 11.8 Å². The molecule has 4 rings (SSSR count). The van der Waals surface area contributed by atoms with Gasteiger partial charge in [-0.2, -0.15) is 5.10 Å². The van der Waals surface area contributed by atoms with Crippen molar-refractivity contribution in [3.05, 3.63) is 47.0 Å². The molecule has 0 spiro atoms. The van der Waals surface area contributed by atoms with Crippen LogP contribution in [0.3, 0.4) is 0 Å². The van der Waals surface area contributed by atoms with E-state index >= 15 is 0 Å². The van der Waals surface area contributed by atoms with Crippen LogP contribution in [-0.4, -0.2) is 50.6 Å². The van der Waals surface area contributed by atoms with Crippen LogP contribution in [0.1, 0.15) is 47.4 Å². The maximum atomic E-state index is 13.7. The largest absolute Gasteiger partial charge is 0.347 e. The molecule has 2 fully saturated rings. The molecule has 2 aliphatic rings. The Morgan fingerprint density at radius 1 is 1.17 bits per heavy atom. The lowest BCUT2D eigenvalue weighted by Gasteiger charge is -2.19. The summed E-state index contributed by atoms with van der Waals surface area (Å²) in [6.45, 7) is 7.21. The molecule has 2 amide bonds. The van der Waals surface area contributed by atoms with Gasteiger partial charge in [0.15, 0.2) is 17.2 Å². The summed E-state index contributed by atoms with van der Waals surface area (Å²) in [5.41, 5.74) is 0.848. The molecule has 154 valence electrons. The number of hydrogen-bond donors (Lipinski definition) is 1. The molecule has 3 heterocycles. The Morgan fingerprint density at radius 3 is 2.38 bits per heavy atom. The number of hydrogen-bond acceptors (Lipinski definition) is 4. The molecule has 3 atom stereocenters. The van der Waals surface area contributed by atoms with Crippen LogP contribution in [0.4, 0.5) is 8.78 Å². The molecule has 1 aliphatic heterocycles. The van der Waals surface area contributed by atoms with Crippen molar-refractivity contribution in [2.75, 3.05) is 13.1 Å². The van der Waals surface area contributed by atoms with E-state index < -0.39 is 23.2 Å². The monoisotopic (exact) mass is 403 g/mol. The minimum absolute atomic E-state index is 0.119. The molecule has 0 bridgehead atoms. The molecule has 1 aliphatic carbocycles. The van der Waals surface area contributed by atoms with E-state index in [-0.39, 0.29) is 29.2 Å². The second-order valence-electron chi connectivity index (χ2n) is 8.81. The van der Waals surface area contributed by atoms with Crippen LogP contribution in [0, 0.1) is 23.5 Å². The van der Waals surface area contributed by atoms with Gasteiger partial charge in [-0.25, -0.2) is 13.8 Å². The number of halogens is 2. The molecule has 2 aromatic rings. The van der Waals surface area contributed by atoms with Gasteiger partial charge in [-0.05, 0) is 6.07 Å². The number of fused-ring (bicyclic) bond motifs is 1. The van der Waals surface area contributed by atoms with E-state index in [1.807, 2.05) is 13.1 Å². The van der Waals surface area contributed by atoms with Gasteiger partial charge in [-0.15, -0.1) is 0 Å². The van der Waals surface area contributed by atoms with Crippen LogP contribution >= 0.6 is 0 Å². The van der Waals surface area contributed by atoms with Gasteiger partial charge in [-0.3, -0.25) is 14.3 Å². The van der Waals surface area contributed by atoms with E-state index in [4.69, 9.17) is 0 Å². The quantitative estimate of drug-likeness (QED) is 0.849. The zero-order chi connectivity index (χ0) is 21.1. The predicted octanol–water partition coefficient (Wildman–Crippen LogP) is 1.89. The van der Waals surface area contributed by atoms with Gasteiger partial charge in [0.1, 0.15) is 5.82 Å². The minimum Gasteiger partial charge on any atom is -0.347 e. The Hall–Kier alpha value is -2.84. The SMILES string of the molecule is Cn1nc(C(=O)N2C[C@@H]3C(NC(=O)c4ncc(F)cc4F)[C@@H]3C2)cc1C(C)(C)C. The van der Waals surface area contributed by atoms with E-state index in [1.165, 1.54) is 0 Å². The highest BCUT2D eigenvalue weighted by Crippen LogP contribution is 2.46. The molecular weight excluding hydrogens is 380 g/mol. The third-order valence-corrected chi connectivity index (χ3v) is 5.67. The summed E-state index contributed by atoms with van der Waals surface area (Å²) >= 11 is 0. The number of carbonyl (C=O) groups excluding carboxylic acids is 2. The van der Waals surface area contributed by atoms with Crippen LogP contribution in [0.2, 0.25) is 0 Å². The lowest BCUT2D eigenvalue weighted by molar-refractivity contribution is 0.0762. The molecule has 2 aromatic heterocycles. The Morgan fingerprint density at radius 2 is 1.83 bits per heavy atom. The number of piperidine rings is 1. The summed E-state index contributed by atoms with van der Waals surface area (Å²) in [5.74, 6) is -2.37. The van der Waals surface area contributed by atoms with Crippen molar-refractivity contribution >= 4 is 11.8 Å². The van der Waals surface area contributed by atoms with E-state index in [1.54, 1.807) is 9.58 Å². The number of aromatic nitrogens is 3. The number of amides is 2. The number of nitrogens with zero attached hydrogens (tertiary/aromatic N) is 4. The van der Waals surface area contributed by atoms with E-state index in [0.717, 1.165) is 11.9 Å². The van der Waals surface area contributed by atoms with Crippen molar-refractivity contribution < 1.29 is 18.4 Å². The summed E-state index contributed by atoms with van der Waals surface area (Å²) in [7, 11) is 1.83. The molecule has 9 heteroatoms. The first-order valence-electron chi connectivity index (χ1n) is 9.52. The molecule has 1 saturated heterocycles. The fraction of sp³-hybridized carbons (Fsp3) is 0.500. The number of aryl methyl sites for hydroxylation is 1. The second-order valence-corrected chi connectivity index (χ2v) is 8.81. The summed E-state index contributed by atoms with van der Waals surface area (Å²) in [4.78, 5) is 30.3. The summed E-state index contributed by atoms with van der Waals surface area (Å²) < 4.78 is 28.4. The number of pyridine rings is 1. The van der Waals surface area contributed by atoms with Gasteiger partial charge in [0.05, 0.1) is 6.20 Å². The van der Waals surface area contributed by atoms with Gasteiger partial charge in [0.2, 0.25) is 0 Å². The van der Waals surface area contributed by atoms with Gasteiger partial charge < -0.3 is 10.2 Å². The Bertz CT molecular complexity index is 985. The topological polar surface area (TPSA) is 80.1 Å². The fourth-order valence-electron chi connectivity index (χ4n) is 4.14. The molecule has 7 nitrogen and oxygen atoms in total. The van der Waals surface area contributed by atoms with Crippen LogP contribution in [-0.2, 0) is 12.5 Å². The number of carbonyl (C=O) groups is 2. The first kappa shape index (κ1) is 19.5. The van der Waals surface area contributed by atoms with Gasteiger partial charge >= 0.3 is 0 Å². The van der Waals surface area contributed by atoms with Crippen molar-refractivity contribution in [2.45, 2.75) is 32.2 Å². The fourth-order valence-corrected chi connectivity index (χ4v) is 4.14. The van der Waals surface area contributed by atoms with E-state index in [0.29, 0.717) is 24.8 Å². The lowest BCUT2D eigenvalue weighted by Crippen LogP contribution is -2.38. The highest BCUT2D eigenvalue weighted by molar-refractivity contribution is 5.94. The normalized spacial score (nSPS) is 23.1. The molecule has 1 unspecified atom stereocenters. The van der Waals surface area contributed by atoms with E-state index in [2.05, 4.69) is 36.2 Å². The average molecular weight is 403 g/mol. The second kappa shape index (κ2) is 6.60. The Balaban J connectivity index is 1.37. The molecule has 0 aromatic carbocycles. The standard InChI is InChI=1S/C20H23F2N5O2/c1-20(2,3)15-6-14(25-26(15)4)19(29)27-8-11-12(9-27)16(11)24-18(28)17-13(22)5-10(21)7-23-17/h5-7,11-12,16H,8-9H2,1-4H3,(H,24,28)/t11-,12+,16?. The number of likely N-dealkylation sites (tertiary alicyclic amines) is 1. The minimum atomic E-state index is -0.991. The highest BCUT2D eigenvalue weighted by atomic mass is 19.1. The highest BCUT2D eigenvalue weighted by Gasteiger charge is 2.57. The van der Waals surface area contributed by atoms with Crippen LogP contribution < -0.4 is 5.32 Å². The predicted molar refractivity (Wildman–Crippen MR) is 100 cm³/mol. The maximum absolute atomic E-state index is 13.7. The number of rotatable bonds is 3. The van der Waals surface area contributed by atoms with Crippen molar-refractivity contribution in [1.82, 2.24) is 25.0 Å². The van der Waals surface area contributed by atoms with Gasteiger partial charge in [-0.1, -0.05) is 20.8 Å².